The molecule has 0 spiro atoms. The number of anilines is 1. The third-order valence-electron chi connectivity index (χ3n) is 11.5. The summed E-state index contributed by atoms with van der Waals surface area (Å²) in [6.07, 6.45) is 3.33. The van der Waals surface area contributed by atoms with Gasteiger partial charge in [0.05, 0.1) is 42.7 Å². The van der Waals surface area contributed by atoms with Gasteiger partial charge in [0.2, 0.25) is 0 Å². The first kappa shape index (κ1) is 43.1. The molecule has 0 saturated heterocycles. The normalized spacial score (nSPS) is 27.6. The fraction of sp³-hybridized carbons (Fsp3) is 0.455. The van der Waals surface area contributed by atoms with E-state index in [1.807, 2.05) is 26.8 Å². The average molecular weight is 787 g/mol. The fourth-order valence-electron chi connectivity index (χ4n) is 7.63. The topological polar surface area (TPSA) is 198 Å². The van der Waals surface area contributed by atoms with Gasteiger partial charge in [-0.2, -0.15) is 0 Å². The third kappa shape index (κ3) is 7.94. The van der Waals surface area contributed by atoms with Gasteiger partial charge in [0.15, 0.2) is 22.3 Å². The summed E-state index contributed by atoms with van der Waals surface area (Å²) in [5.41, 5.74) is 2.16. The Labute approximate surface area is 331 Å². The van der Waals surface area contributed by atoms with Gasteiger partial charge in [-0.3, -0.25) is 9.59 Å². The number of phenols is 1. The van der Waals surface area contributed by atoms with E-state index >= 15 is 0 Å². The van der Waals surface area contributed by atoms with E-state index < -0.39 is 71.1 Å². The first-order valence-corrected chi connectivity index (χ1v) is 19.2. The molecule has 1 aliphatic heterocycles. The molecule has 13 nitrogen and oxygen atoms in total. The first-order valence-electron chi connectivity index (χ1n) is 19.2. The summed E-state index contributed by atoms with van der Waals surface area (Å²) < 4.78 is 23.8. The largest absolute Gasteiger partial charge is 0.505 e. The molecule has 1 aromatic heterocycles. The van der Waals surface area contributed by atoms with Crippen molar-refractivity contribution in [2.75, 3.05) is 19.0 Å². The molecule has 5 rings (SSSR count). The number of amides is 1. The van der Waals surface area contributed by atoms with Crippen LogP contribution in [0.1, 0.15) is 74.2 Å². The van der Waals surface area contributed by atoms with Crippen LogP contribution in [0.15, 0.2) is 51.4 Å². The number of aryl methyl sites for hydroxylation is 3. The Bertz CT molecular complexity index is 2380. The molecular formula is C44H54N2O11. The van der Waals surface area contributed by atoms with Gasteiger partial charge in [0, 0.05) is 47.3 Å². The van der Waals surface area contributed by atoms with Gasteiger partial charge in [-0.15, -0.1) is 0 Å². The van der Waals surface area contributed by atoms with Crippen molar-refractivity contribution in [2.45, 2.75) is 93.7 Å². The van der Waals surface area contributed by atoms with Crippen LogP contribution < -0.4 is 15.5 Å². The lowest BCUT2D eigenvalue weighted by molar-refractivity contribution is -0.112. The SMILES string of the molecule is CCOc1c(C)c(=O)c2c(O)c3c4oc5c(C)c(C)cc(C)c5nc4c2c1C(=O)O/C=C/[C@H](OC)[C@@H](C)[C@@H](O)[C@H](C)[C@H](O)[C@H](C)[C@@H](O)[C@@H](C)/C=C/C=C(/C)C(=O)N3. The Morgan fingerprint density at radius 1 is 0.825 bits per heavy atom. The highest BCUT2D eigenvalue weighted by molar-refractivity contribution is 6.23. The van der Waals surface area contributed by atoms with Crippen molar-refractivity contribution in [1.29, 1.82) is 0 Å². The van der Waals surface area contributed by atoms with Gasteiger partial charge >= 0.3 is 5.97 Å². The average Bonchev–Trinajstić information content (AvgIpc) is 3.19. The zero-order chi connectivity index (χ0) is 42.2. The lowest BCUT2D eigenvalue weighted by Gasteiger charge is -2.36. The van der Waals surface area contributed by atoms with E-state index in [2.05, 4.69) is 5.32 Å². The van der Waals surface area contributed by atoms with Crippen LogP contribution in [0.5, 0.6) is 11.5 Å². The van der Waals surface area contributed by atoms with Crippen LogP contribution in [0, 0.1) is 51.4 Å². The van der Waals surface area contributed by atoms with Crippen LogP contribution in [0.4, 0.5) is 5.69 Å². The minimum atomic E-state index is -1.11. The van der Waals surface area contributed by atoms with Crippen molar-refractivity contribution < 1.29 is 48.6 Å². The summed E-state index contributed by atoms with van der Waals surface area (Å²) in [5.74, 6) is -4.80. The number of aromatic hydroxyl groups is 1. The van der Waals surface area contributed by atoms with Crippen molar-refractivity contribution in [3.8, 4) is 11.5 Å². The van der Waals surface area contributed by atoms with Crippen LogP contribution in [0.3, 0.4) is 0 Å². The van der Waals surface area contributed by atoms with E-state index in [1.54, 1.807) is 53.7 Å². The number of aliphatic hydroxyl groups excluding tert-OH is 3. The van der Waals surface area contributed by atoms with Crippen molar-refractivity contribution in [3.63, 3.8) is 0 Å². The Hall–Kier alpha value is -5.08. The molecule has 13 heteroatoms. The predicted molar refractivity (Wildman–Crippen MR) is 219 cm³/mol. The molecule has 1 amide bonds. The minimum Gasteiger partial charge on any atom is -0.505 e. The van der Waals surface area contributed by atoms with Crippen molar-refractivity contribution in [2.24, 2.45) is 23.7 Å². The second kappa shape index (κ2) is 17.2. The summed E-state index contributed by atoms with van der Waals surface area (Å²) in [6, 6.07) is 1.93. The summed E-state index contributed by atoms with van der Waals surface area (Å²) >= 11 is 0. The minimum absolute atomic E-state index is 0.00362. The van der Waals surface area contributed by atoms with Crippen molar-refractivity contribution in [3.05, 3.63) is 80.2 Å². The van der Waals surface area contributed by atoms with E-state index in [0.717, 1.165) is 23.0 Å². The maximum absolute atomic E-state index is 14.3. The maximum atomic E-state index is 14.3. The van der Waals surface area contributed by atoms with Gasteiger partial charge in [-0.05, 0) is 64.3 Å². The molecule has 0 aliphatic carbocycles. The predicted octanol–water partition coefficient (Wildman–Crippen LogP) is 6.60. The monoisotopic (exact) mass is 786 g/mol. The van der Waals surface area contributed by atoms with Crippen LogP contribution in [0.25, 0.3) is 33.0 Å². The number of nitrogens with one attached hydrogen (secondary N) is 1. The molecule has 8 atom stereocenters. The van der Waals surface area contributed by atoms with E-state index in [1.165, 1.54) is 26.2 Å². The second-order valence-corrected chi connectivity index (χ2v) is 15.3. The van der Waals surface area contributed by atoms with Crippen LogP contribution in [-0.2, 0) is 14.3 Å². The Kier molecular flexibility index (Phi) is 13.0. The Morgan fingerprint density at radius 2 is 1.47 bits per heavy atom. The highest BCUT2D eigenvalue weighted by Gasteiger charge is 2.37. The molecule has 0 saturated carbocycles. The molecule has 0 radical (unpaired) electrons. The summed E-state index contributed by atoms with van der Waals surface area (Å²) in [6.45, 7) is 17.2. The third-order valence-corrected chi connectivity index (χ3v) is 11.5. The smallest absolute Gasteiger partial charge is 0.347 e. The number of hydrogen-bond donors (Lipinski definition) is 5. The number of cyclic esters (lactones) is 1. The van der Waals surface area contributed by atoms with Gasteiger partial charge in [-0.25, -0.2) is 9.78 Å². The van der Waals surface area contributed by atoms with E-state index in [4.69, 9.17) is 23.6 Å². The number of fused-ring (bicyclic) bond motifs is 1. The molecule has 5 N–H and O–H groups in total. The highest BCUT2D eigenvalue weighted by Crippen LogP contribution is 2.45. The number of hydrogen-bond acceptors (Lipinski definition) is 12. The zero-order valence-electron chi connectivity index (χ0n) is 34.4. The summed E-state index contributed by atoms with van der Waals surface area (Å²) in [4.78, 5) is 47.4. The molecule has 2 bridgehead atoms. The number of phenolic OH excluding ortho intramolecular Hbond substituents is 1. The van der Waals surface area contributed by atoms with Crippen molar-refractivity contribution >= 4 is 50.5 Å². The van der Waals surface area contributed by atoms with E-state index in [0.29, 0.717) is 11.1 Å². The van der Waals surface area contributed by atoms with Gasteiger partial charge in [0.1, 0.15) is 28.0 Å². The first-order chi connectivity index (χ1) is 26.9. The van der Waals surface area contributed by atoms with Gasteiger partial charge in [0.25, 0.3) is 5.91 Å². The molecule has 4 aromatic rings. The number of rotatable bonds is 3. The van der Waals surface area contributed by atoms with E-state index in [-0.39, 0.29) is 56.6 Å². The summed E-state index contributed by atoms with van der Waals surface area (Å²) in [5, 5.41) is 48.2. The quantitative estimate of drug-likeness (QED) is 0.0647. The number of benzene rings is 3. The molecule has 0 unspecified atom stereocenters. The Morgan fingerprint density at radius 3 is 2.12 bits per heavy atom. The van der Waals surface area contributed by atoms with Crippen LogP contribution in [-0.4, -0.2) is 75.4 Å². The molecule has 3 aromatic carbocycles. The van der Waals surface area contributed by atoms with Gasteiger partial charge < -0.3 is 44.4 Å². The number of carbonyl (C=O) groups excluding carboxylic acids is 2. The molecule has 1 aliphatic rings. The number of aliphatic hydroxyl groups is 3. The number of ether oxygens (including phenoxy) is 3. The number of allylic oxidation sites excluding steroid dienone is 2. The van der Waals surface area contributed by atoms with Crippen molar-refractivity contribution in [1.82, 2.24) is 4.98 Å². The number of aromatic nitrogens is 1. The number of nitrogens with zero attached hydrogens (tertiary/aromatic N) is 1. The number of methoxy groups -OCH3 is 1. The van der Waals surface area contributed by atoms with Crippen LogP contribution in [0.2, 0.25) is 0 Å². The van der Waals surface area contributed by atoms with Gasteiger partial charge in [-0.1, -0.05) is 52.0 Å². The van der Waals surface area contributed by atoms with Crippen LogP contribution >= 0.6 is 0 Å². The highest BCUT2D eigenvalue weighted by atomic mass is 16.5. The lowest BCUT2D eigenvalue weighted by Crippen LogP contribution is -2.44. The number of carbonyl (C=O) groups is 2. The fourth-order valence-corrected chi connectivity index (χ4v) is 7.63. The lowest BCUT2D eigenvalue weighted by atomic mass is 9.78. The maximum Gasteiger partial charge on any atom is 0.347 e. The summed E-state index contributed by atoms with van der Waals surface area (Å²) in [7, 11) is 1.43. The standard InChI is InChI=1S/C44H54N2O11/c1-12-55-40-27(10)38(50)30-29-31(40)44(53)56-17-16-28(54-11)24(7)36(48)26(9)37(49)25(8)35(47)19(2)14-13-15-20(3)43(52)46-34(39(30)51)42-33(29)45-32-22(5)18-21(4)23(6)41(32)57-42/h13-19,24-26,28,35-37,47-49,51H,12H2,1-11H3,(H,46,52)/b14-13+,17-16+,20-15-/t19-,24+,25+,26-,28-,35-,36+,37+/m0/s1. The molecule has 306 valence electrons. The molecule has 2 heterocycles. The second-order valence-electron chi connectivity index (χ2n) is 15.3. The molecule has 0 fully saturated rings. The number of esters is 1. The Balaban J connectivity index is 1.87. The molecular weight excluding hydrogens is 732 g/mol. The zero-order valence-corrected chi connectivity index (χ0v) is 34.4. The van der Waals surface area contributed by atoms with E-state index in [9.17, 15) is 34.8 Å². The molecule has 57 heavy (non-hydrogen) atoms.